The number of nitriles is 1. The van der Waals surface area contributed by atoms with Crippen LogP contribution in [0.2, 0.25) is 0 Å². The molecule has 1 aliphatic rings. The number of hydrogen-bond acceptors (Lipinski definition) is 8. The molecule has 0 bridgehead atoms. The van der Waals surface area contributed by atoms with Crippen molar-refractivity contribution in [3.63, 3.8) is 0 Å². The maximum atomic E-state index is 15.4. The summed E-state index contributed by atoms with van der Waals surface area (Å²) in [5, 5.41) is 8.82. The van der Waals surface area contributed by atoms with Crippen LogP contribution >= 0.6 is 12.2 Å². The van der Waals surface area contributed by atoms with Crippen LogP contribution in [-0.4, -0.2) is 45.1 Å². The van der Waals surface area contributed by atoms with Crippen molar-refractivity contribution in [3.05, 3.63) is 63.5 Å². The number of fused-ring (bicyclic) bond motifs is 1. The molecule has 0 atom stereocenters. The number of ether oxygens (including phenoxy) is 2. The molecule has 10 nitrogen and oxygen atoms in total. The highest BCUT2D eigenvalue weighted by Gasteiger charge is 2.51. The van der Waals surface area contributed by atoms with Gasteiger partial charge in [-0.05, 0) is 57.6 Å². The number of halogens is 4. The largest absolute Gasteiger partial charge is 0.474 e. The monoisotopic (exact) mass is 605 g/mol. The minimum absolute atomic E-state index is 0.0833. The van der Waals surface area contributed by atoms with Crippen LogP contribution in [0.4, 0.5) is 28.9 Å². The molecule has 0 N–H and O–H groups in total. The van der Waals surface area contributed by atoms with Crippen molar-refractivity contribution in [2.24, 2.45) is 0 Å². The Kier molecular flexibility index (Phi) is 7.96. The van der Waals surface area contributed by atoms with Crippen molar-refractivity contribution < 1.29 is 36.6 Å². The number of aryl methyl sites for hydroxylation is 1. The van der Waals surface area contributed by atoms with Gasteiger partial charge in [-0.15, -0.1) is 0 Å². The average molecular weight is 606 g/mol. The Labute approximate surface area is 241 Å². The second-order valence-electron chi connectivity index (χ2n) is 9.54. The first-order valence-electron chi connectivity index (χ1n) is 12.5. The van der Waals surface area contributed by atoms with Crippen molar-refractivity contribution in [2.75, 3.05) is 23.0 Å². The van der Waals surface area contributed by atoms with Crippen molar-refractivity contribution in [3.8, 4) is 11.8 Å². The summed E-state index contributed by atoms with van der Waals surface area (Å²) in [6, 6.07) is 5.17. The molecule has 0 aliphatic carbocycles. The first-order chi connectivity index (χ1) is 19.7. The molecule has 1 amide bonds. The Bertz CT molecular complexity index is 1730. The van der Waals surface area contributed by atoms with E-state index in [1.165, 1.54) is 24.8 Å². The van der Waals surface area contributed by atoms with E-state index >= 15 is 4.39 Å². The molecule has 0 saturated carbocycles. The van der Waals surface area contributed by atoms with Gasteiger partial charge in [0.1, 0.15) is 5.54 Å². The Hall–Kier alpha value is -4.58. The van der Waals surface area contributed by atoms with Gasteiger partial charge >= 0.3 is 17.7 Å². The van der Waals surface area contributed by atoms with Crippen LogP contribution in [-0.2, 0) is 26.9 Å². The van der Waals surface area contributed by atoms with Gasteiger partial charge in [-0.2, -0.15) is 18.4 Å². The van der Waals surface area contributed by atoms with Gasteiger partial charge in [0.2, 0.25) is 5.75 Å². The van der Waals surface area contributed by atoms with Crippen LogP contribution in [0, 0.1) is 17.1 Å². The van der Waals surface area contributed by atoms with Crippen LogP contribution in [0.25, 0.3) is 5.65 Å². The van der Waals surface area contributed by atoms with Crippen LogP contribution < -0.4 is 20.1 Å². The number of carbonyl (C=O) groups excluding carboxylic acids is 2. The first-order valence-corrected chi connectivity index (χ1v) is 12.9. The van der Waals surface area contributed by atoms with Crippen molar-refractivity contribution >= 4 is 46.2 Å². The smallest absolute Gasteiger partial charge is 0.417 e. The third-order valence-corrected chi connectivity index (χ3v) is 6.85. The summed E-state index contributed by atoms with van der Waals surface area (Å²) in [5.41, 5.74) is -4.91. The summed E-state index contributed by atoms with van der Waals surface area (Å²) in [4.78, 5) is 44.9. The summed E-state index contributed by atoms with van der Waals surface area (Å²) in [6.45, 7) is 5.59. The molecule has 1 fully saturated rings. The van der Waals surface area contributed by atoms with Crippen LogP contribution in [0.3, 0.4) is 0 Å². The normalized spacial score (nSPS) is 14.8. The zero-order valence-electron chi connectivity index (χ0n) is 22.7. The predicted octanol–water partition coefficient (Wildman–Crippen LogP) is 4.15. The number of pyridine rings is 1. The zero-order valence-corrected chi connectivity index (χ0v) is 23.5. The zero-order chi connectivity index (χ0) is 31.1. The first kappa shape index (κ1) is 30.4. The number of alkyl halides is 3. The summed E-state index contributed by atoms with van der Waals surface area (Å²) >= 11 is 5.49. The van der Waals surface area contributed by atoms with Crippen molar-refractivity contribution in [1.82, 2.24) is 9.38 Å². The van der Waals surface area contributed by atoms with Gasteiger partial charge in [-0.25, -0.2) is 14.2 Å². The molecular formula is C27H23F4N5O5S. The second-order valence-corrected chi connectivity index (χ2v) is 9.90. The molecule has 15 heteroatoms. The molecule has 4 rings (SSSR count). The topological polar surface area (TPSA) is 117 Å². The van der Waals surface area contributed by atoms with E-state index in [-0.39, 0.29) is 46.6 Å². The standard InChI is InChI=1S/C27H23F4N5O5S/c1-5-19-21(41-13-20(37)40-6-2)23(38)34-12-16(10-18(28)22(34)33-19)36-25(42)35(24(39)26(36,3)4)15-8-7-14(11-32)17(9-15)27(29,30)31/h7-10,12H,5-6,13H2,1-4H3. The lowest BCUT2D eigenvalue weighted by atomic mass is 10.0. The van der Waals surface area contributed by atoms with Gasteiger partial charge in [0, 0.05) is 12.3 Å². The molecule has 3 heterocycles. The number of esters is 1. The van der Waals surface area contributed by atoms with Crippen LogP contribution in [0.5, 0.6) is 5.75 Å². The molecule has 1 aromatic carbocycles. The number of anilines is 2. The highest BCUT2D eigenvalue weighted by molar-refractivity contribution is 7.81. The molecule has 0 unspecified atom stereocenters. The lowest BCUT2D eigenvalue weighted by Crippen LogP contribution is -2.44. The SMILES string of the molecule is CCOC(=O)COc1c(CC)nc2c(F)cc(N3C(=S)N(c4ccc(C#N)c(C(F)(F)F)c4)C(=O)C3(C)C)cn2c1=O. The third kappa shape index (κ3) is 5.13. The number of thiocarbonyl (C=S) groups is 1. The summed E-state index contributed by atoms with van der Waals surface area (Å²) in [7, 11) is 0. The molecule has 1 saturated heterocycles. The van der Waals surface area contributed by atoms with E-state index in [2.05, 4.69) is 4.98 Å². The molecule has 42 heavy (non-hydrogen) atoms. The molecule has 0 radical (unpaired) electrons. The quantitative estimate of drug-likeness (QED) is 0.223. The molecule has 1 aliphatic heterocycles. The van der Waals surface area contributed by atoms with Crippen molar-refractivity contribution in [1.29, 1.82) is 5.26 Å². The number of benzene rings is 1. The summed E-state index contributed by atoms with van der Waals surface area (Å²) < 4.78 is 67.4. The molecule has 2 aromatic heterocycles. The van der Waals surface area contributed by atoms with E-state index in [0.29, 0.717) is 6.07 Å². The van der Waals surface area contributed by atoms with Crippen molar-refractivity contribution in [2.45, 2.75) is 45.8 Å². The maximum absolute atomic E-state index is 15.4. The Morgan fingerprint density at radius 1 is 1.17 bits per heavy atom. The van der Waals surface area contributed by atoms with Gasteiger partial charge in [0.05, 0.1) is 40.9 Å². The summed E-state index contributed by atoms with van der Waals surface area (Å²) in [5.74, 6) is -2.74. The van der Waals surface area contributed by atoms with Gasteiger partial charge in [0.25, 0.3) is 5.91 Å². The Balaban J connectivity index is 1.84. The number of rotatable bonds is 7. The number of carbonyl (C=O) groups is 2. The molecule has 3 aromatic rings. The van der Waals surface area contributed by atoms with E-state index < -0.39 is 52.7 Å². The highest BCUT2D eigenvalue weighted by atomic mass is 32.1. The van der Waals surface area contributed by atoms with Gasteiger partial charge < -0.3 is 14.4 Å². The number of aromatic nitrogens is 2. The van der Waals surface area contributed by atoms with Crippen LogP contribution in [0.15, 0.2) is 35.3 Å². The van der Waals surface area contributed by atoms with Crippen LogP contribution in [0.1, 0.15) is 44.5 Å². The fraction of sp³-hybridized carbons (Fsp3) is 0.333. The Morgan fingerprint density at radius 2 is 1.86 bits per heavy atom. The molecular weight excluding hydrogens is 582 g/mol. The molecule has 0 spiro atoms. The fourth-order valence-electron chi connectivity index (χ4n) is 4.51. The number of nitrogens with zero attached hydrogens (tertiary/aromatic N) is 5. The molecule has 220 valence electrons. The van der Waals surface area contributed by atoms with Gasteiger partial charge in [-0.3, -0.25) is 18.9 Å². The van der Waals surface area contributed by atoms with E-state index in [4.69, 9.17) is 27.0 Å². The summed E-state index contributed by atoms with van der Waals surface area (Å²) in [6.07, 6.45) is -3.56. The lowest BCUT2D eigenvalue weighted by Gasteiger charge is -2.29. The Morgan fingerprint density at radius 3 is 2.45 bits per heavy atom. The minimum atomic E-state index is -4.89. The number of amides is 1. The third-order valence-electron chi connectivity index (χ3n) is 6.48. The predicted molar refractivity (Wildman–Crippen MR) is 146 cm³/mol. The average Bonchev–Trinajstić information content (AvgIpc) is 3.10. The van der Waals surface area contributed by atoms with E-state index in [0.717, 1.165) is 33.7 Å². The maximum Gasteiger partial charge on any atom is 0.417 e. The van der Waals surface area contributed by atoms with E-state index in [1.807, 2.05) is 0 Å². The van der Waals surface area contributed by atoms with Gasteiger partial charge in [0.15, 0.2) is 23.2 Å². The minimum Gasteiger partial charge on any atom is -0.474 e. The second kappa shape index (κ2) is 11.0. The van der Waals surface area contributed by atoms with Gasteiger partial charge in [-0.1, -0.05) is 6.92 Å². The van der Waals surface area contributed by atoms with E-state index in [9.17, 15) is 27.6 Å². The highest BCUT2D eigenvalue weighted by Crippen LogP contribution is 2.40. The number of hydrogen-bond donors (Lipinski definition) is 0. The fourth-order valence-corrected chi connectivity index (χ4v) is 5.04. The van der Waals surface area contributed by atoms with E-state index in [1.54, 1.807) is 13.8 Å². The lowest BCUT2D eigenvalue weighted by molar-refractivity contribution is -0.145.